The summed E-state index contributed by atoms with van der Waals surface area (Å²) in [5.74, 6) is -0.800. The van der Waals surface area contributed by atoms with Crippen LogP contribution in [-0.2, 0) is 9.59 Å². The molecule has 2 N–H and O–H groups in total. The van der Waals surface area contributed by atoms with Crippen molar-refractivity contribution in [1.82, 2.24) is 5.32 Å². The Labute approximate surface area is 120 Å². The molecule has 0 aliphatic heterocycles. The molecule has 1 unspecified atom stereocenters. The van der Waals surface area contributed by atoms with Crippen LogP contribution < -0.4 is 5.32 Å². The molecule has 4 nitrogen and oxygen atoms in total. The molecule has 110 valence electrons. The largest absolute Gasteiger partial charge is 0.481 e. The SMILES string of the molecule is O=C(NCCCCCCS)C1CCCC[C@H]1C(=O)O. The molecule has 1 saturated carbocycles. The third kappa shape index (κ3) is 5.85. The fourth-order valence-electron chi connectivity index (χ4n) is 2.67. The Morgan fingerprint density at radius 3 is 2.32 bits per heavy atom. The summed E-state index contributed by atoms with van der Waals surface area (Å²) in [5.41, 5.74) is 0. The van der Waals surface area contributed by atoms with E-state index in [1.165, 1.54) is 0 Å². The van der Waals surface area contributed by atoms with E-state index >= 15 is 0 Å². The van der Waals surface area contributed by atoms with Gasteiger partial charge in [-0.2, -0.15) is 12.6 Å². The van der Waals surface area contributed by atoms with Gasteiger partial charge in [-0.05, 0) is 31.4 Å². The third-order valence-corrected chi connectivity index (χ3v) is 4.12. The molecule has 5 heteroatoms. The van der Waals surface area contributed by atoms with E-state index in [0.29, 0.717) is 19.4 Å². The third-order valence-electron chi connectivity index (χ3n) is 3.80. The van der Waals surface area contributed by atoms with Crippen LogP contribution in [0.3, 0.4) is 0 Å². The Bertz CT molecular complexity index is 296. The van der Waals surface area contributed by atoms with E-state index < -0.39 is 11.9 Å². The number of carboxylic acid groups (broad SMARTS) is 1. The predicted octanol–water partition coefficient (Wildman–Crippen LogP) is 2.48. The summed E-state index contributed by atoms with van der Waals surface area (Å²) < 4.78 is 0. The van der Waals surface area contributed by atoms with Crippen molar-refractivity contribution < 1.29 is 14.7 Å². The van der Waals surface area contributed by atoms with E-state index in [4.69, 9.17) is 5.11 Å². The zero-order chi connectivity index (χ0) is 14.1. The van der Waals surface area contributed by atoms with Crippen LogP contribution in [0.1, 0.15) is 51.4 Å². The second kappa shape index (κ2) is 9.23. The van der Waals surface area contributed by atoms with Gasteiger partial charge in [0.25, 0.3) is 0 Å². The fraction of sp³-hybridized carbons (Fsp3) is 0.857. The number of amides is 1. The molecule has 0 heterocycles. The molecule has 0 aromatic heterocycles. The standard InChI is InChI=1S/C14H25NO3S/c16-13(15-9-5-1-2-6-10-19)11-7-3-4-8-12(11)14(17)18/h11-12,19H,1-10H2,(H,15,16)(H,17,18)/t11?,12-/m1/s1. The van der Waals surface area contributed by atoms with Crippen molar-refractivity contribution in [2.24, 2.45) is 11.8 Å². The number of unbranched alkanes of at least 4 members (excludes halogenated alkanes) is 3. The summed E-state index contributed by atoms with van der Waals surface area (Å²) in [5, 5.41) is 12.0. The lowest BCUT2D eigenvalue weighted by molar-refractivity contribution is -0.148. The molecule has 0 aromatic carbocycles. The first-order chi connectivity index (χ1) is 9.16. The first-order valence-electron chi connectivity index (χ1n) is 7.28. The molecule has 1 aliphatic carbocycles. The Kier molecular flexibility index (Phi) is 7.94. The highest BCUT2D eigenvalue weighted by Crippen LogP contribution is 2.30. The van der Waals surface area contributed by atoms with Gasteiger partial charge in [0.05, 0.1) is 11.8 Å². The average molecular weight is 287 g/mol. The molecule has 1 rings (SSSR count). The van der Waals surface area contributed by atoms with Crippen LogP contribution in [0.2, 0.25) is 0 Å². The second-order valence-corrected chi connectivity index (χ2v) is 5.71. The average Bonchev–Trinajstić information content (AvgIpc) is 2.42. The number of hydrogen-bond donors (Lipinski definition) is 3. The summed E-state index contributed by atoms with van der Waals surface area (Å²) >= 11 is 4.15. The lowest BCUT2D eigenvalue weighted by Gasteiger charge is -2.27. The van der Waals surface area contributed by atoms with Gasteiger partial charge in [-0.3, -0.25) is 9.59 Å². The van der Waals surface area contributed by atoms with Crippen LogP contribution in [0.25, 0.3) is 0 Å². The minimum atomic E-state index is -0.825. The summed E-state index contributed by atoms with van der Waals surface area (Å²) in [6.07, 6.45) is 7.53. The number of carboxylic acids is 1. The molecule has 0 spiro atoms. The predicted molar refractivity (Wildman–Crippen MR) is 78.4 cm³/mol. The quantitative estimate of drug-likeness (QED) is 0.474. The van der Waals surface area contributed by atoms with Gasteiger partial charge in [-0.15, -0.1) is 0 Å². The van der Waals surface area contributed by atoms with Crippen molar-refractivity contribution >= 4 is 24.5 Å². The van der Waals surface area contributed by atoms with E-state index in [2.05, 4.69) is 17.9 Å². The highest BCUT2D eigenvalue weighted by Gasteiger charge is 2.35. The van der Waals surface area contributed by atoms with E-state index in [1.807, 2.05) is 0 Å². The van der Waals surface area contributed by atoms with E-state index in [0.717, 1.165) is 44.3 Å². The first-order valence-corrected chi connectivity index (χ1v) is 7.91. The molecule has 19 heavy (non-hydrogen) atoms. The summed E-state index contributed by atoms with van der Waals surface area (Å²) in [4.78, 5) is 23.1. The normalized spacial score (nSPS) is 23.0. The maximum atomic E-state index is 12.0. The Morgan fingerprint density at radius 1 is 1.05 bits per heavy atom. The molecule has 0 aromatic rings. The molecule has 0 radical (unpaired) electrons. The zero-order valence-electron chi connectivity index (χ0n) is 11.4. The van der Waals surface area contributed by atoms with Crippen LogP contribution in [0, 0.1) is 11.8 Å². The number of thiol groups is 1. The van der Waals surface area contributed by atoms with E-state index in [-0.39, 0.29) is 11.8 Å². The number of nitrogens with one attached hydrogen (secondary N) is 1. The number of hydrogen-bond acceptors (Lipinski definition) is 3. The molecule has 0 bridgehead atoms. The van der Waals surface area contributed by atoms with Crippen LogP contribution in [0.5, 0.6) is 0 Å². The molecule has 0 saturated heterocycles. The number of carbonyl (C=O) groups is 2. The number of aliphatic carboxylic acids is 1. The summed E-state index contributed by atoms with van der Waals surface area (Å²) in [6.45, 7) is 0.661. The molecule has 1 fully saturated rings. The van der Waals surface area contributed by atoms with Crippen molar-refractivity contribution in [2.75, 3.05) is 12.3 Å². The Hall–Kier alpha value is -0.710. The smallest absolute Gasteiger partial charge is 0.307 e. The number of rotatable bonds is 8. The molecular weight excluding hydrogens is 262 g/mol. The summed E-state index contributed by atoms with van der Waals surface area (Å²) in [6, 6.07) is 0. The molecule has 2 atom stereocenters. The minimum Gasteiger partial charge on any atom is -0.481 e. The van der Waals surface area contributed by atoms with Crippen LogP contribution in [-0.4, -0.2) is 29.3 Å². The first kappa shape index (κ1) is 16.3. The monoisotopic (exact) mass is 287 g/mol. The topological polar surface area (TPSA) is 66.4 Å². The van der Waals surface area contributed by atoms with Crippen LogP contribution in [0.4, 0.5) is 0 Å². The van der Waals surface area contributed by atoms with Gasteiger partial charge in [0.15, 0.2) is 0 Å². The van der Waals surface area contributed by atoms with Gasteiger partial charge in [0.1, 0.15) is 0 Å². The zero-order valence-corrected chi connectivity index (χ0v) is 12.3. The van der Waals surface area contributed by atoms with Crippen molar-refractivity contribution in [3.8, 4) is 0 Å². The second-order valence-electron chi connectivity index (χ2n) is 5.26. The van der Waals surface area contributed by atoms with E-state index in [9.17, 15) is 9.59 Å². The van der Waals surface area contributed by atoms with Gasteiger partial charge in [-0.1, -0.05) is 25.7 Å². The highest BCUT2D eigenvalue weighted by atomic mass is 32.1. The molecule has 1 amide bonds. The maximum Gasteiger partial charge on any atom is 0.307 e. The van der Waals surface area contributed by atoms with Crippen molar-refractivity contribution in [2.45, 2.75) is 51.4 Å². The van der Waals surface area contributed by atoms with Gasteiger partial charge < -0.3 is 10.4 Å². The van der Waals surface area contributed by atoms with Crippen molar-refractivity contribution in [3.63, 3.8) is 0 Å². The lowest BCUT2D eigenvalue weighted by Crippen LogP contribution is -2.40. The fourth-order valence-corrected chi connectivity index (χ4v) is 2.90. The molecule has 1 aliphatic rings. The van der Waals surface area contributed by atoms with Gasteiger partial charge >= 0.3 is 5.97 Å². The van der Waals surface area contributed by atoms with Gasteiger partial charge in [-0.25, -0.2) is 0 Å². The van der Waals surface area contributed by atoms with Gasteiger partial charge in [0, 0.05) is 6.54 Å². The number of carbonyl (C=O) groups excluding carboxylic acids is 1. The minimum absolute atomic E-state index is 0.0682. The van der Waals surface area contributed by atoms with Crippen LogP contribution >= 0.6 is 12.6 Å². The Balaban J connectivity index is 2.25. The highest BCUT2D eigenvalue weighted by molar-refractivity contribution is 7.80. The van der Waals surface area contributed by atoms with E-state index in [1.54, 1.807) is 0 Å². The summed E-state index contributed by atoms with van der Waals surface area (Å²) in [7, 11) is 0. The van der Waals surface area contributed by atoms with Crippen molar-refractivity contribution in [3.05, 3.63) is 0 Å². The van der Waals surface area contributed by atoms with Crippen molar-refractivity contribution in [1.29, 1.82) is 0 Å². The maximum absolute atomic E-state index is 12.0. The van der Waals surface area contributed by atoms with Crippen LogP contribution in [0.15, 0.2) is 0 Å². The van der Waals surface area contributed by atoms with Gasteiger partial charge in [0.2, 0.25) is 5.91 Å². The lowest BCUT2D eigenvalue weighted by atomic mass is 9.78. The molecular formula is C14H25NO3S. The Morgan fingerprint density at radius 2 is 1.68 bits per heavy atom.